The number of rotatable bonds is 12. The van der Waals surface area contributed by atoms with E-state index in [9.17, 15) is 4.79 Å². The second kappa shape index (κ2) is 13.6. The number of ketones is 1. The quantitative estimate of drug-likeness (QED) is 0.180. The molecule has 0 aromatic heterocycles. The first-order valence-electron chi connectivity index (χ1n) is 14.8. The number of allylic oxidation sites excluding steroid dienone is 1. The minimum atomic E-state index is 0.0837. The molecule has 3 aromatic carbocycles. The molecule has 4 nitrogen and oxygen atoms in total. The van der Waals surface area contributed by atoms with Crippen molar-refractivity contribution in [3.8, 4) is 11.5 Å². The number of benzene rings is 3. The number of carbonyl (C=O) groups is 1. The highest BCUT2D eigenvalue weighted by Gasteiger charge is 2.25. The van der Waals surface area contributed by atoms with Gasteiger partial charge in [-0.15, -0.1) is 0 Å². The number of hydrogen-bond acceptors (Lipinski definition) is 4. The highest BCUT2D eigenvalue weighted by Crippen LogP contribution is 2.38. The fraction of sp³-hybridized carbons (Fsp3) is 0.400. The van der Waals surface area contributed by atoms with Crippen molar-refractivity contribution in [1.82, 2.24) is 4.90 Å². The van der Waals surface area contributed by atoms with Gasteiger partial charge in [-0.25, -0.2) is 0 Å². The summed E-state index contributed by atoms with van der Waals surface area (Å²) in [6.45, 7) is 6.90. The number of nitrogens with zero attached hydrogens (tertiary/aromatic N) is 1. The van der Waals surface area contributed by atoms with Crippen LogP contribution in [0.5, 0.6) is 11.5 Å². The first-order chi connectivity index (χ1) is 19.2. The fourth-order valence-corrected chi connectivity index (χ4v) is 5.72. The zero-order valence-corrected chi connectivity index (χ0v) is 23.3. The molecule has 0 bridgehead atoms. The summed E-state index contributed by atoms with van der Waals surface area (Å²) in [6.07, 6.45) is 8.86. The highest BCUT2D eigenvalue weighted by atomic mass is 16.5. The predicted octanol–water partition coefficient (Wildman–Crippen LogP) is 7.75. The molecule has 1 aliphatic heterocycles. The molecular weight excluding hydrogens is 482 g/mol. The Balaban J connectivity index is 1.37. The molecule has 1 aliphatic carbocycles. The van der Waals surface area contributed by atoms with Crippen molar-refractivity contribution in [1.29, 1.82) is 0 Å². The van der Waals surface area contributed by atoms with Gasteiger partial charge in [-0.3, -0.25) is 9.69 Å². The summed E-state index contributed by atoms with van der Waals surface area (Å²) in [5.74, 6) is 1.72. The molecule has 39 heavy (non-hydrogen) atoms. The van der Waals surface area contributed by atoms with E-state index in [0.29, 0.717) is 18.8 Å². The van der Waals surface area contributed by atoms with Crippen LogP contribution in [0.4, 0.5) is 0 Å². The number of piperidine rings is 1. The molecule has 1 saturated heterocycles. The second-order valence-electron chi connectivity index (χ2n) is 10.7. The average Bonchev–Trinajstić information content (AvgIpc) is 2.99. The van der Waals surface area contributed by atoms with E-state index in [1.165, 1.54) is 37.9 Å². The summed E-state index contributed by atoms with van der Waals surface area (Å²) in [5.41, 5.74) is 6.09. The molecule has 4 heteroatoms. The topological polar surface area (TPSA) is 38.8 Å². The Hall–Kier alpha value is -3.37. The van der Waals surface area contributed by atoms with E-state index in [4.69, 9.17) is 9.47 Å². The van der Waals surface area contributed by atoms with Crippen LogP contribution in [0.3, 0.4) is 0 Å². The van der Waals surface area contributed by atoms with Gasteiger partial charge in [0.15, 0.2) is 5.78 Å². The Bertz CT molecular complexity index is 1270. The normalized spacial score (nSPS) is 15.6. The monoisotopic (exact) mass is 523 g/mol. The lowest BCUT2D eigenvalue weighted by atomic mass is 9.79. The van der Waals surface area contributed by atoms with E-state index in [1.54, 1.807) is 0 Å². The van der Waals surface area contributed by atoms with Crippen molar-refractivity contribution < 1.29 is 14.3 Å². The first-order valence-corrected chi connectivity index (χ1v) is 14.8. The van der Waals surface area contributed by atoms with Gasteiger partial charge in [-0.2, -0.15) is 0 Å². The number of likely N-dealkylation sites (tertiary alicyclic amines) is 1. The first kappa shape index (κ1) is 27.2. The largest absolute Gasteiger partial charge is 0.494 e. The Labute approximate surface area is 233 Å². The van der Waals surface area contributed by atoms with E-state index < -0.39 is 0 Å². The number of Topliss-reactive ketones (excluding diaryl/α,β-unsaturated/α-hetero) is 1. The number of carbonyl (C=O) groups excluding carboxylic acids is 1. The van der Waals surface area contributed by atoms with Gasteiger partial charge in [0.2, 0.25) is 0 Å². The standard InChI is InChI=1S/C35H41NO3/c1-2-3-9-24-38-31-13-10-12-29(26-31)35(37)33-20-17-27-11-5-6-14-32(27)34(33)28-15-18-30(19-16-28)39-25-23-36-21-7-4-8-22-36/h5-6,10-16,18-19,26H,2-4,7-9,17,20-25H2,1H3. The van der Waals surface area contributed by atoms with E-state index in [1.807, 2.05) is 36.4 Å². The molecule has 1 fully saturated rings. The summed E-state index contributed by atoms with van der Waals surface area (Å²) in [5, 5.41) is 0. The van der Waals surface area contributed by atoms with Gasteiger partial charge in [-0.1, -0.05) is 74.7 Å². The van der Waals surface area contributed by atoms with Crippen molar-refractivity contribution in [2.24, 2.45) is 0 Å². The van der Waals surface area contributed by atoms with Gasteiger partial charge in [0, 0.05) is 17.7 Å². The van der Waals surface area contributed by atoms with Crippen LogP contribution in [0.1, 0.15) is 78.9 Å². The number of unbranched alkanes of at least 4 members (excludes halogenated alkanes) is 2. The van der Waals surface area contributed by atoms with Crippen LogP contribution in [0.2, 0.25) is 0 Å². The predicted molar refractivity (Wildman–Crippen MR) is 159 cm³/mol. The fourth-order valence-electron chi connectivity index (χ4n) is 5.72. The van der Waals surface area contributed by atoms with Crippen molar-refractivity contribution in [3.05, 3.63) is 101 Å². The number of hydrogen-bond donors (Lipinski definition) is 0. The van der Waals surface area contributed by atoms with Crippen LogP contribution in [0.15, 0.2) is 78.4 Å². The third-order valence-corrected chi connectivity index (χ3v) is 7.89. The molecule has 0 saturated carbocycles. The summed E-state index contributed by atoms with van der Waals surface area (Å²) >= 11 is 0. The molecule has 5 rings (SSSR count). The molecule has 3 aromatic rings. The maximum absolute atomic E-state index is 13.9. The minimum absolute atomic E-state index is 0.0837. The van der Waals surface area contributed by atoms with Gasteiger partial charge in [0.25, 0.3) is 0 Å². The van der Waals surface area contributed by atoms with Crippen molar-refractivity contribution in [2.45, 2.75) is 58.3 Å². The molecule has 204 valence electrons. The third-order valence-electron chi connectivity index (χ3n) is 7.89. The molecular formula is C35H41NO3. The van der Waals surface area contributed by atoms with Gasteiger partial charge in [0.1, 0.15) is 18.1 Å². The zero-order valence-electron chi connectivity index (χ0n) is 23.3. The summed E-state index contributed by atoms with van der Waals surface area (Å²) in [7, 11) is 0. The lowest BCUT2D eigenvalue weighted by Crippen LogP contribution is -2.33. The van der Waals surface area contributed by atoms with Crippen LogP contribution >= 0.6 is 0 Å². The smallest absolute Gasteiger partial charge is 0.189 e. The Morgan fingerprint density at radius 1 is 0.795 bits per heavy atom. The Morgan fingerprint density at radius 2 is 1.59 bits per heavy atom. The van der Waals surface area contributed by atoms with Crippen LogP contribution < -0.4 is 9.47 Å². The average molecular weight is 524 g/mol. The molecule has 0 radical (unpaired) electrons. The Kier molecular flexibility index (Phi) is 9.50. The van der Waals surface area contributed by atoms with Crippen LogP contribution in [-0.2, 0) is 6.42 Å². The number of fused-ring (bicyclic) bond motifs is 1. The SMILES string of the molecule is CCCCCOc1cccc(C(=O)C2=C(c3ccc(OCCN4CCCCC4)cc3)c3ccccc3CC2)c1. The van der Waals surface area contributed by atoms with Gasteiger partial charge < -0.3 is 9.47 Å². The molecule has 0 spiro atoms. The maximum Gasteiger partial charge on any atom is 0.189 e. The lowest BCUT2D eigenvalue weighted by Gasteiger charge is -2.26. The van der Waals surface area contributed by atoms with E-state index in [-0.39, 0.29) is 5.78 Å². The van der Waals surface area contributed by atoms with Crippen LogP contribution in [0, 0.1) is 0 Å². The van der Waals surface area contributed by atoms with Crippen LogP contribution in [0.25, 0.3) is 5.57 Å². The third kappa shape index (κ3) is 6.99. The maximum atomic E-state index is 13.9. The molecule has 0 atom stereocenters. The van der Waals surface area contributed by atoms with E-state index in [0.717, 1.165) is 72.4 Å². The Morgan fingerprint density at radius 3 is 2.41 bits per heavy atom. The molecule has 0 N–H and O–H groups in total. The molecule has 0 amide bonds. The van der Waals surface area contributed by atoms with Crippen LogP contribution in [-0.4, -0.2) is 43.5 Å². The summed E-state index contributed by atoms with van der Waals surface area (Å²) < 4.78 is 12.0. The molecule has 1 heterocycles. The second-order valence-corrected chi connectivity index (χ2v) is 10.7. The van der Waals surface area contributed by atoms with Gasteiger partial charge in [-0.05, 0) is 91.7 Å². The van der Waals surface area contributed by atoms with Gasteiger partial charge >= 0.3 is 0 Å². The van der Waals surface area contributed by atoms with E-state index >= 15 is 0 Å². The minimum Gasteiger partial charge on any atom is -0.494 e. The zero-order chi connectivity index (χ0) is 26.9. The van der Waals surface area contributed by atoms with E-state index in [2.05, 4.69) is 48.2 Å². The van der Waals surface area contributed by atoms with Crippen molar-refractivity contribution in [2.75, 3.05) is 32.8 Å². The number of ether oxygens (including phenoxy) is 2. The molecule has 2 aliphatic rings. The van der Waals surface area contributed by atoms with Gasteiger partial charge in [0.05, 0.1) is 6.61 Å². The summed E-state index contributed by atoms with van der Waals surface area (Å²) in [6, 6.07) is 24.5. The summed E-state index contributed by atoms with van der Waals surface area (Å²) in [4.78, 5) is 16.4. The number of aryl methyl sites for hydroxylation is 1. The highest BCUT2D eigenvalue weighted by molar-refractivity contribution is 6.15. The molecule has 0 unspecified atom stereocenters. The van der Waals surface area contributed by atoms with Crippen molar-refractivity contribution in [3.63, 3.8) is 0 Å². The lowest BCUT2D eigenvalue weighted by molar-refractivity contribution is 0.103. The van der Waals surface area contributed by atoms with Crippen molar-refractivity contribution >= 4 is 11.4 Å².